The van der Waals surface area contributed by atoms with E-state index < -0.39 is 0 Å². The molecule has 0 spiro atoms. The fourth-order valence-corrected chi connectivity index (χ4v) is 2.22. The van der Waals surface area contributed by atoms with Gasteiger partial charge in [0, 0.05) is 13.2 Å². The predicted molar refractivity (Wildman–Crippen MR) is 55.9 cm³/mol. The van der Waals surface area contributed by atoms with E-state index in [4.69, 9.17) is 4.74 Å². The fraction of sp³-hybridized carbons (Fsp3) is 1.00. The van der Waals surface area contributed by atoms with Crippen molar-refractivity contribution < 1.29 is 4.74 Å². The van der Waals surface area contributed by atoms with E-state index in [1.165, 1.54) is 25.8 Å². The quantitative estimate of drug-likeness (QED) is 0.573. The lowest BCUT2D eigenvalue weighted by Crippen LogP contribution is -2.45. The van der Waals surface area contributed by atoms with Crippen molar-refractivity contribution in [1.82, 2.24) is 4.90 Å². The maximum Gasteiger partial charge on any atom is 0.0730 e. The Morgan fingerprint density at radius 3 is 2.77 bits per heavy atom. The molecule has 0 aromatic rings. The summed E-state index contributed by atoms with van der Waals surface area (Å²) in [6, 6.07) is 0. The summed E-state index contributed by atoms with van der Waals surface area (Å²) in [4.78, 5) is 2.38. The molecule has 2 saturated heterocycles. The molecule has 0 aliphatic carbocycles. The van der Waals surface area contributed by atoms with Crippen LogP contribution in [0, 0.1) is 5.92 Å². The van der Waals surface area contributed by atoms with Crippen LogP contribution in [-0.4, -0.2) is 37.7 Å². The topological polar surface area (TPSA) is 12.5 Å². The van der Waals surface area contributed by atoms with Gasteiger partial charge in [-0.25, -0.2) is 0 Å². The highest BCUT2D eigenvalue weighted by atomic mass is 16.5. The second-order valence-corrected chi connectivity index (χ2v) is 3.86. The Hall–Kier alpha value is -0.0800. The molecule has 2 unspecified atom stereocenters. The van der Waals surface area contributed by atoms with Gasteiger partial charge in [0.1, 0.15) is 0 Å². The molecule has 2 nitrogen and oxygen atoms in total. The smallest absolute Gasteiger partial charge is 0.0730 e. The van der Waals surface area contributed by atoms with Crippen LogP contribution in [0.2, 0.25) is 0 Å². The van der Waals surface area contributed by atoms with Crippen LogP contribution >= 0.6 is 0 Å². The lowest BCUT2D eigenvalue weighted by Gasteiger charge is -2.39. The summed E-state index contributed by atoms with van der Waals surface area (Å²) in [5.74, 6) is 0.875. The zero-order valence-corrected chi connectivity index (χ0v) is 9.25. The van der Waals surface area contributed by atoms with Crippen LogP contribution in [0.4, 0.5) is 0 Å². The van der Waals surface area contributed by atoms with Gasteiger partial charge < -0.3 is 9.64 Å². The highest BCUT2D eigenvalue weighted by Gasteiger charge is 2.30. The van der Waals surface area contributed by atoms with Gasteiger partial charge >= 0.3 is 0 Å². The molecule has 0 radical (unpaired) electrons. The van der Waals surface area contributed by atoms with E-state index in [1.54, 1.807) is 0 Å². The molecule has 2 fully saturated rings. The third-order valence-corrected chi connectivity index (χ3v) is 2.95. The number of ether oxygens (including phenoxy) is 1. The first kappa shape index (κ1) is 11.0. The number of piperidine rings is 1. The lowest BCUT2D eigenvalue weighted by atomic mass is 9.88. The van der Waals surface area contributed by atoms with E-state index in [0.29, 0.717) is 6.10 Å². The van der Waals surface area contributed by atoms with E-state index in [0.717, 1.165) is 19.1 Å². The third kappa shape index (κ3) is 2.96. The highest BCUT2D eigenvalue weighted by Crippen LogP contribution is 2.27. The van der Waals surface area contributed by atoms with E-state index >= 15 is 0 Å². The summed E-state index contributed by atoms with van der Waals surface area (Å²) >= 11 is 0. The van der Waals surface area contributed by atoms with Gasteiger partial charge in [-0.2, -0.15) is 0 Å². The van der Waals surface area contributed by atoms with Gasteiger partial charge in [-0.3, -0.25) is 0 Å². The SMILES string of the molecule is CC.CN1CCC2CCCOC2C1. The van der Waals surface area contributed by atoms with E-state index in [9.17, 15) is 0 Å². The first-order valence-corrected chi connectivity index (χ1v) is 5.66. The average molecular weight is 185 g/mol. The summed E-state index contributed by atoms with van der Waals surface area (Å²) in [5, 5.41) is 0. The molecular weight excluding hydrogens is 162 g/mol. The molecule has 0 aromatic carbocycles. The zero-order valence-electron chi connectivity index (χ0n) is 9.25. The Kier molecular flexibility index (Phi) is 4.74. The Bertz CT molecular complexity index is 138. The van der Waals surface area contributed by atoms with E-state index in [2.05, 4.69) is 11.9 Å². The van der Waals surface area contributed by atoms with Gasteiger partial charge in [0.05, 0.1) is 6.10 Å². The van der Waals surface area contributed by atoms with Crippen molar-refractivity contribution in [2.75, 3.05) is 26.7 Å². The minimum absolute atomic E-state index is 0.558. The van der Waals surface area contributed by atoms with E-state index in [-0.39, 0.29) is 0 Å². The summed E-state index contributed by atoms with van der Waals surface area (Å²) in [6.45, 7) is 7.42. The van der Waals surface area contributed by atoms with Gasteiger partial charge in [0.2, 0.25) is 0 Å². The molecule has 2 aliphatic heterocycles. The first-order chi connectivity index (χ1) is 6.36. The molecule has 2 heteroatoms. The van der Waals surface area contributed by atoms with Gasteiger partial charge in [-0.1, -0.05) is 13.8 Å². The van der Waals surface area contributed by atoms with Crippen LogP contribution < -0.4 is 0 Å². The number of nitrogens with zero attached hydrogens (tertiary/aromatic N) is 1. The van der Waals surface area contributed by atoms with Crippen molar-refractivity contribution in [3.63, 3.8) is 0 Å². The van der Waals surface area contributed by atoms with Crippen molar-refractivity contribution in [2.24, 2.45) is 5.92 Å². The molecule has 2 atom stereocenters. The zero-order chi connectivity index (χ0) is 9.68. The van der Waals surface area contributed by atoms with Crippen molar-refractivity contribution in [3.05, 3.63) is 0 Å². The number of hydrogen-bond donors (Lipinski definition) is 0. The highest BCUT2D eigenvalue weighted by molar-refractivity contribution is 4.81. The van der Waals surface area contributed by atoms with Crippen LogP contribution in [-0.2, 0) is 4.74 Å². The monoisotopic (exact) mass is 185 g/mol. The minimum Gasteiger partial charge on any atom is -0.377 e. The average Bonchev–Trinajstić information content (AvgIpc) is 2.21. The molecule has 0 N–H and O–H groups in total. The first-order valence-electron chi connectivity index (χ1n) is 5.66. The molecule has 0 aromatic heterocycles. The number of fused-ring (bicyclic) bond motifs is 1. The Morgan fingerprint density at radius 1 is 1.23 bits per heavy atom. The van der Waals surface area contributed by atoms with Crippen LogP contribution in [0.15, 0.2) is 0 Å². The standard InChI is InChI=1S/C9H17NO.C2H6/c1-10-5-4-8-3-2-6-11-9(8)7-10;1-2/h8-9H,2-7H2,1H3;1-2H3. The second kappa shape index (κ2) is 5.61. The van der Waals surface area contributed by atoms with Crippen molar-refractivity contribution >= 4 is 0 Å². The number of rotatable bonds is 0. The van der Waals surface area contributed by atoms with Crippen LogP contribution in [0.5, 0.6) is 0 Å². The lowest BCUT2D eigenvalue weighted by molar-refractivity contribution is -0.0640. The van der Waals surface area contributed by atoms with Crippen molar-refractivity contribution in [2.45, 2.75) is 39.2 Å². The van der Waals surface area contributed by atoms with E-state index in [1.807, 2.05) is 13.8 Å². The van der Waals surface area contributed by atoms with Crippen molar-refractivity contribution in [3.8, 4) is 0 Å². The number of likely N-dealkylation sites (tertiary alicyclic amines) is 1. The van der Waals surface area contributed by atoms with Crippen molar-refractivity contribution in [1.29, 1.82) is 0 Å². The van der Waals surface area contributed by atoms with Gasteiger partial charge in [-0.15, -0.1) is 0 Å². The molecule has 78 valence electrons. The van der Waals surface area contributed by atoms with Gasteiger partial charge in [0.25, 0.3) is 0 Å². The Morgan fingerprint density at radius 2 is 2.00 bits per heavy atom. The van der Waals surface area contributed by atoms with Gasteiger partial charge in [-0.05, 0) is 38.8 Å². The molecule has 0 amide bonds. The maximum absolute atomic E-state index is 5.71. The number of likely N-dealkylation sites (N-methyl/N-ethyl adjacent to an activating group) is 1. The molecule has 0 saturated carbocycles. The fourth-order valence-electron chi connectivity index (χ4n) is 2.22. The molecule has 0 bridgehead atoms. The molecule has 13 heavy (non-hydrogen) atoms. The summed E-state index contributed by atoms with van der Waals surface area (Å²) < 4.78 is 5.71. The summed E-state index contributed by atoms with van der Waals surface area (Å²) in [6.07, 6.45) is 4.59. The predicted octanol–water partition coefficient (Wildman–Crippen LogP) is 2.14. The summed E-state index contributed by atoms with van der Waals surface area (Å²) in [5.41, 5.74) is 0. The largest absolute Gasteiger partial charge is 0.377 e. The molecule has 2 heterocycles. The van der Waals surface area contributed by atoms with Crippen LogP contribution in [0.1, 0.15) is 33.1 Å². The maximum atomic E-state index is 5.71. The summed E-state index contributed by atoms with van der Waals surface area (Å²) in [7, 11) is 2.19. The normalized spacial score (nSPS) is 34.4. The molecule has 2 rings (SSSR count). The third-order valence-electron chi connectivity index (χ3n) is 2.95. The van der Waals surface area contributed by atoms with Crippen LogP contribution in [0.25, 0.3) is 0 Å². The minimum atomic E-state index is 0.558. The number of hydrogen-bond acceptors (Lipinski definition) is 2. The molecular formula is C11H23NO. The Balaban J connectivity index is 0.000000396. The Labute approximate surface area is 82.3 Å². The molecule has 2 aliphatic rings. The second-order valence-electron chi connectivity index (χ2n) is 3.86. The van der Waals surface area contributed by atoms with Gasteiger partial charge in [0.15, 0.2) is 0 Å². The van der Waals surface area contributed by atoms with Crippen LogP contribution in [0.3, 0.4) is 0 Å².